The summed E-state index contributed by atoms with van der Waals surface area (Å²) < 4.78 is 111. The Morgan fingerprint density at radius 2 is 0.571 bits per heavy atom. The van der Waals surface area contributed by atoms with E-state index >= 15 is 0 Å². The summed E-state index contributed by atoms with van der Waals surface area (Å²) >= 11 is 0. The molecular formula is C44H40N4O18S4. The van der Waals surface area contributed by atoms with Crippen LogP contribution in [-0.4, -0.2) is 125 Å². The first kappa shape index (κ1) is 51.0. The van der Waals surface area contributed by atoms with E-state index in [1.807, 2.05) is 0 Å². The van der Waals surface area contributed by atoms with Crippen molar-refractivity contribution in [2.75, 3.05) is 26.4 Å². The predicted molar refractivity (Wildman–Crippen MR) is 238 cm³/mol. The van der Waals surface area contributed by atoms with Crippen molar-refractivity contribution in [3.05, 3.63) is 119 Å². The highest BCUT2D eigenvalue weighted by molar-refractivity contribution is 7.91. The lowest BCUT2D eigenvalue weighted by molar-refractivity contribution is -0.133. The molecule has 0 aromatic heterocycles. The summed E-state index contributed by atoms with van der Waals surface area (Å²) in [6.07, 6.45) is 3.24. The first-order valence-electron chi connectivity index (χ1n) is 21.2. The second-order valence-electron chi connectivity index (χ2n) is 15.6. The largest absolute Gasteiger partial charge is 0.369 e. The average Bonchev–Trinajstić information content (AvgIpc) is 3.85. The number of fused-ring (bicyclic) bond motifs is 4. The first-order chi connectivity index (χ1) is 33.2. The van der Waals surface area contributed by atoms with Crippen molar-refractivity contribution in [3.63, 3.8) is 0 Å². The van der Waals surface area contributed by atoms with Gasteiger partial charge in [-0.2, -0.15) is 17.2 Å². The Hall–Kier alpha value is -6.84. The van der Waals surface area contributed by atoms with Gasteiger partial charge in [0.15, 0.2) is 0 Å². The molecule has 4 aliphatic heterocycles. The number of imide groups is 4. The summed E-state index contributed by atoms with van der Waals surface area (Å²) in [5.74, 6) is -7.37. The van der Waals surface area contributed by atoms with Crippen LogP contribution in [-0.2, 0) is 68.7 Å². The Kier molecular flexibility index (Phi) is 14.8. The third-order valence-electron chi connectivity index (χ3n) is 11.0. The highest BCUT2D eigenvalue weighted by Crippen LogP contribution is 2.34. The van der Waals surface area contributed by atoms with E-state index in [9.17, 15) is 72.0 Å². The Morgan fingerprint density at radius 1 is 0.343 bits per heavy atom. The summed E-state index contributed by atoms with van der Waals surface area (Å²) in [5, 5.41) is 0. The van der Waals surface area contributed by atoms with E-state index in [0.29, 0.717) is 47.1 Å². The van der Waals surface area contributed by atoms with Crippen molar-refractivity contribution in [2.24, 2.45) is 0 Å². The first-order valence-corrected chi connectivity index (χ1v) is 26.9. The quantitative estimate of drug-likeness (QED) is 0.146. The lowest BCUT2D eigenvalue weighted by atomic mass is 10.1. The van der Waals surface area contributed by atoms with Crippen LogP contribution in [0.25, 0.3) is 0 Å². The number of sulfonamides is 4. The maximum absolute atomic E-state index is 12.5. The summed E-state index contributed by atoms with van der Waals surface area (Å²) in [6.45, 7) is -2.08. The fourth-order valence-corrected chi connectivity index (χ4v) is 13.9. The van der Waals surface area contributed by atoms with Crippen LogP contribution in [0.1, 0.15) is 92.8 Å². The molecule has 0 bridgehead atoms. The van der Waals surface area contributed by atoms with E-state index in [0.717, 1.165) is 0 Å². The predicted octanol–water partition coefficient (Wildman–Crippen LogP) is 2.61. The molecule has 4 heterocycles. The van der Waals surface area contributed by atoms with Gasteiger partial charge in [-0.05, 0) is 61.4 Å². The van der Waals surface area contributed by atoms with Crippen LogP contribution in [0.4, 0.5) is 0 Å². The topological polar surface area (TPSA) is 305 Å². The Morgan fingerprint density at radius 3 is 0.829 bits per heavy atom. The van der Waals surface area contributed by atoms with Crippen molar-refractivity contribution in [1.82, 2.24) is 17.2 Å². The van der Waals surface area contributed by atoms with Crippen molar-refractivity contribution >= 4 is 87.4 Å². The van der Waals surface area contributed by atoms with Crippen LogP contribution < -0.4 is 0 Å². The molecular weight excluding hydrogens is 1000 g/mol. The molecule has 0 spiro atoms. The average molecular weight is 1040 g/mol. The summed E-state index contributed by atoms with van der Waals surface area (Å²) in [5.41, 5.74) is -0.252. The molecule has 0 saturated heterocycles. The lowest BCUT2D eigenvalue weighted by Crippen LogP contribution is -2.39. The van der Waals surface area contributed by atoms with E-state index < -0.39 is 101 Å². The van der Waals surface area contributed by atoms with Crippen LogP contribution >= 0.6 is 0 Å². The van der Waals surface area contributed by atoms with E-state index in [4.69, 9.17) is 9.47 Å². The second kappa shape index (κ2) is 20.2. The van der Waals surface area contributed by atoms with E-state index in [1.54, 1.807) is 0 Å². The number of amides is 8. The molecule has 0 saturated carbocycles. The molecule has 0 N–H and O–H groups in total. The summed E-state index contributed by atoms with van der Waals surface area (Å²) in [7, 11) is -17.0. The molecule has 8 rings (SSSR count). The Balaban J connectivity index is 0.000000207. The van der Waals surface area contributed by atoms with Crippen molar-refractivity contribution < 1.29 is 81.5 Å². The Bertz CT molecular complexity index is 3120. The monoisotopic (exact) mass is 1040 g/mol. The molecule has 0 unspecified atom stereocenters. The standard InChI is InChI=1S/C24H24N2O8S2.C20H16N2O10S2/c27-21(25-23(29)17-11-7-9-13-19(17)35(25,31)32)15-5-3-1-2-4-6-16-22(28)26-24(30)18-12-8-10-14-20(18)36(26,33)34;23-17(21-19(25)13-5-1-3-7-15(13)33(21,27)28)11-31-9-10-32-12-18(24)22-20(26)14-6-2-4-8-16(14)34(22,29)30/h7-14H,1-6,15-16H2;1-8H,9-12H2. The minimum Gasteiger partial charge on any atom is -0.369 e. The smallest absolute Gasteiger partial charge is 0.276 e. The maximum atomic E-state index is 12.5. The molecule has 70 heavy (non-hydrogen) atoms. The number of nitrogens with zero attached hydrogens (tertiary/aromatic N) is 4. The van der Waals surface area contributed by atoms with Crippen molar-refractivity contribution in [1.29, 1.82) is 0 Å². The minimum atomic E-state index is -4.32. The normalized spacial score (nSPS) is 17.4. The SMILES string of the molecule is O=C(CCCCCCCCC(=O)N1C(=O)c2ccccc2S1(=O)=O)N1C(=O)c2ccccc2S1(=O)=O.O=C(COCCOCC(=O)N1C(=O)c2ccccc2S1(=O)=O)N1C(=O)c2ccccc2S1(=O)=O. The molecule has 0 atom stereocenters. The van der Waals surface area contributed by atoms with Crippen molar-refractivity contribution in [3.8, 4) is 0 Å². The van der Waals surface area contributed by atoms with Gasteiger partial charge in [0.25, 0.3) is 75.5 Å². The van der Waals surface area contributed by atoms with Crippen molar-refractivity contribution in [2.45, 2.75) is 70.9 Å². The van der Waals surface area contributed by atoms with Gasteiger partial charge >= 0.3 is 0 Å². The van der Waals surface area contributed by atoms with Crippen LogP contribution in [0.3, 0.4) is 0 Å². The van der Waals surface area contributed by atoms with Gasteiger partial charge in [-0.3, -0.25) is 38.4 Å². The van der Waals surface area contributed by atoms with Crippen LogP contribution in [0.15, 0.2) is 117 Å². The lowest BCUT2D eigenvalue weighted by Gasteiger charge is -2.14. The zero-order valence-electron chi connectivity index (χ0n) is 36.5. The zero-order chi connectivity index (χ0) is 50.8. The number of hydrogen-bond donors (Lipinski definition) is 0. The van der Waals surface area contributed by atoms with Gasteiger partial charge in [-0.1, -0.05) is 74.2 Å². The number of carbonyl (C=O) groups is 8. The highest BCUT2D eigenvalue weighted by atomic mass is 32.2. The minimum absolute atomic E-state index is 0.00675. The van der Waals surface area contributed by atoms with E-state index in [-0.39, 0.29) is 76.5 Å². The molecule has 4 aromatic rings. The molecule has 26 heteroatoms. The number of ether oxygens (including phenoxy) is 2. The van der Waals surface area contributed by atoms with Gasteiger partial charge < -0.3 is 9.47 Å². The fraction of sp³-hybridized carbons (Fsp3) is 0.273. The summed E-state index contributed by atoms with van der Waals surface area (Å²) in [6, 6.07) is 22.2. The van der Waals surface area contributed by atoms with Crippen LogP contribution in [0.2, 0.25) is 0 Å². The Labute approximate surface area is 400 Å². The summed E-state index contributed by atoms with van der Waals surface area (Å²) in [4.78, 5) is 97.8. The van der Waals surface area contributed by atoms with Gasteiger partial charge in [0.1, 0.15) is 32.8 Å². The maximum Gasteiger partial charge on any atom is 0.276 e. The molecule has 22 nitrogen and oxygen atoms in total. The van der Waals surface area contributed by atoms with Gasteiger partial charge in [-0.15, -0.1) is 0 Å². The molecule has 368 valence electrons. The second-order valence-corrected chi connectivity index (χ2v) is 22.6. The molecule has 4 aromatic carbocycles. The molecule has 0 radical (unpaired) electrons. The van der Waals surface area contributed by atoms with Crippen LogP contribution in [0.5, 0.6) is 0 Å². The molecule has 0 aliphatic carbocycles. The fourth-order valence-electron chi connectivity index (χ4n) is 7.75. The molecule has 0 fully saturated rings. The third-order valence-corrected chi connectivity index (χ3v) is 18.1. The third kappa shape index (κ3) is 9.44. The molecule has 4 aliphatic rings. The number of benzene rings is 4. The zero-order valence-corrected chi connectivity index (χ0v) is 39.8. The van der Waals surface area contributed by atoms with Gasteiger partial charge in [0.2, 0.25) is 11.8 Å². The number of unbranched alkanes of at least 4 members (excludes halogenated alkanes) is 5. The number of hydrogen-bond acceptors (Lipinski definition) is 18. The highest BCUT2D eigenvalue weighted by Gasteiger charge is 2.48. The number of carbonyl (C=O) groups excluding carboxylic acids is 8. The van der Waals surface area contributed by atoms with Gasteiger partial charge in [-0.25, -0.2) is 33.7 Å². The van der Waals surface area contributed by atoms with E-state index in [2.05, 4.69) is 0 Å². The number of rotatable bonds is 16. The van der Waals surface area contributed by atoms with Crippen LogP contribution in [0, 0.1) is 0 Å². The molecule has 8 amide bonds. The van der Waals surface area contributed by atoms with Gasteiger partial charge in [0.05, 0.1) is 35.5 Å². The van der Waals surface area contributed by atoms with Gasteiger partial charge in [0, 0.05) is 12.8 Å². The van der Waals surface area contributed by atoms with E-state index in [1.165, 1.54) is 97.1 Å².